The molecule has 0 unspecified atom stereocenters. The third-order valence-electron chi connectivity index (χ3n) is 15.7. The second-order valence-electron chi connectivity index (χ2n) is 20.9. The van der Waals surface area contributed by atoms with Crippen LogP contribution < -0.4 is 4.72 Å². The van der Waals surface area contributed by atoms with E-state index in [1.165, 1.54) is 20.3 Å². The molecule has 1 amide bonds. The van der Waals surface area contributed by atoms with Crippen LogP contribution in [-0.4, -0.2) is 123 Å². The number of nitrogens with one attached hydrogen (secondary N) is 1. The zero-order valence-electron chi connectivity index (χ0n) is 42.5. The first kappa shape index (κ1) is 51.8. The number of cyclic esters (lactones) is 1. The number of sulfonamides is 1. The Balaban J connectivity index is 0.000000162. The van der Waals surface area contributed by atoms with Gasteiger partial charge in [-0.25, -0.2) is 62.2 Å². The molecule has 21 nitrogen and oxygen atoms in total. The van der Waals surface area contributed by atoms with Crippen molar-refractivity contribution in [3.05, 3.63) is 121 Å². The number of amides is 1. The van der Waals surface area contributed by atoms with Crippen molar-refractivity contribution < 1.29 is 43.2 Å². The molecule has 0 radical (unpaired) electrons. The fourth-order valence-corrected chi connectivity index (χ4v) is 17.8. The quantitative estimate of drug-likeness (QED) is 0.136. The van der Waals surface area contributed by atoms with Crippen molar-refractivity contribution in [3.63, 3.8) is 0 Å². The standard InChI is InChI=1S/C26H32N6O4S2.C25H27N5O6S2/c1-17-6-8-22(9-7-17)37(33,34)31-12-10-24-26(31)28-16-21-15-27-25(32(21)24)23-14-20(13-18(23)2)29-38(35,36)30-11-4-5-19(30)3;1-16-3-5-20(6-4-16)38(34,35)28-8-7-22-24(28)27-14-19-13-26-23(30(19)22)21-12-18(11-17(21)2)15-37(32,33)29-9-10-36-25(29)31/h6-10,12,15-16,18-20,23,29H,4-5,11,13-14H2,1-3H3;3-8,13-14,17-18,21H,9-12,15H2,1-2H3/t18-,19+,20+,23+;17-,18+,21+/m11/s1. The lowest BCUT2D eigenvalue weighted by Gasteiger charge is -2.23. The molecule has 6 aromatic heterocycles. The van der Waals surface area contributed by atoms with E-state index >= 15 is 0 Å². The van der Waals surface area contributed by atoms with E-state index in [4.69, 9.17) is 9.72 Å². The Bertz CT molecular complexity index is 4020. The average Bonchev–Trinajstić information content (AvgIpc) is 4.26. The van der Waals surface area contributed by atoms with Crippen LogP contribution in [0.1, 0.15) is 93.9 Å². The summed E-state index contributed by atoms with van der Waals surface area (Å²) in [5.41, 5.74) is 5.28. The number of hydrogen-bond acceptors (Lipinski definition) is 14. The Morgan fingerprint density at radius 2 is 1.12 bits per heavy atom. The van der Waals surface area contributed by atoms with Crippen molar-refractivity contribution in [2.45, 2.75) is 107 Å². The molecule has 12 rings (SSSR count). The van der Waals surface area contributed by atoms with Gasteiger partial charge in [0.05, 0.1) is 68.9 Å². The van der Waals surface area contributed by atoms with Crippen LogP contribution in [0.5, 0.6) is 0 Å². The number of aromatic nitrogens is 8. The summed E-state index contributed by atoms with van der Waals surface area (Å²) in [6.45, 7) is 10.6. The molecule has 0 bridgehead atoms. The van der Waals surface area contributed by atoms with E-state index in [0.29, 0.717) is 48.9 Å². The molecule has 7 atom stereocenters. The monoisotopic (exact) mass is 1110 g/mol. The highest BCUT2D eigenvalue weighted by atomic mass is 32.2. The minimum absolute atomic E-state index is 0.00357. The molecule has 8 aromatic rings. The topological polar surface area (TPSA) is 252 Å². The van der Waals surface area contributed by atoms with Crippen LogP contribution in [0.4, 0.5) is 4.79 Å². The first-order valence-electron chi connectivity index (χ1n) is 25.4. The van der Waals surface area contributed by atoms with Crippen molar-refractivity contribution in [1.29, 1.82) is 0 Å². The Kier molecular flexibility index (Phi) is 13.2. The van der Waals surface area contributed by atoms with Gasteiger partial charge in [-0.2, -0.15) is 17.4 Å². The van der Waals surface area contributed by atoms with Crippen molar-refractivity contribution >= 4 is 79.7 Å². The van der Waals surface area contributed by atoms with Gasteiger partial charge in [-0.15, -0.1) is 0 Å². The summed E-state index contributed by atoms with van der Waals surface area (Å²) in [7, 11) is -15.0. The zero-order chi connectivity index (χ0) is 53.6. The predicted octanol–water partition coefficient (Wildman–Crippen LogP) is 6.57. The SMILES string of the molecule is Cc1ccc(S(=O)(=O)n2ccc3c2ncc2cnc([C@H]4C[C@@H](CS(=O)(=O)N5CCOC5=O)C[C@H]4C)n23)cc1.Cc1ccc(S(=O)(=O)n2ccc3c2ncc2cnc([C@H]4C[C@@H](NS(=O)(=O)N5CCC[C@@H]5C)C[C@H]4C)n23)cc1. The van der Waals surface area contributed by atoms with Crippen LogP contribution in [0, 0.1) is 31.6 Å². The number of ether oxygens (including phenoxy) is 1. The van der Waals surface area contributed by atoms with Crippen LogP contribution in [0.3, 0.4) is 0 Å². The number of benzene rings is 2. The average molecular weight is 1110 g/mol. The van der Waals surface area contributed by atoms with Crippen LogP contribution in [0.15, 0.2) is 108 Å². The first-order chi connectivity index (χ1) is 36.1. The Morgan fingerprint density at radius 3 is 1.61 bits per heavy atom. The zero-order valence-corrected chi connectivity index (χ0v) is 45.8. The summed E-state index contributed by atoms with van der Waals surface area (Å²) in [6, 6.07) is 16.7. The van der Waals surface area contributed by atoms with E-state index in [0.717, 1.165) is 51.0 Å². The normalized spacial score (nSPS) is 23.8. The van der Waals surface area contributed by atoms with Gasteiger partial charge in [-0.1, -0.05) is 49.2 Å². The Morgan fingerprint density at radius 1 is 0.618 bits per heavy atom. The number of hydrogen-bond donors (Lipinski definition) is 1. The molecule has 76 heavy (non-hydrogen) atoms. The van der Waals surface area contributed by atoms with E-state index in [9.17, 15) is 38.5 Å². The molecule has 0 spiro atoms. The molecule has 4 aliphatic rings. The van der Waals surface area contributed by atoms with E-state index in [-0.39, 0.29) is 76.0 Å². The first-order valence-corrected chi connectivity index (χ1v) is 31.3. The smallest absolute Gasteiger partial charge is 0.423 e. The van der Waals surface area contributed by atoms with Crippen LogP contribution in [0.2, 0.25) is 0 Å². The van der Waals surface area contributed by atoms with Gasteiger partial charge < -0.3 is 4.74 Å². The summed E-state index contributed by atoms with van der Waals surface area (Å²) in [5.74, 6) is 1.53. The maximum atomic E-state index is 13.4. The number of rotatable bonds is 12. The van der Waals surface area contributed by atoms with Crippen molar-refractivity contribution in [2.75, 3.05) is 25.4 Å². The maximum absolute atomic E-state index is 13.4. The lowest BCUT2D eigenvalue weighted by Crippen LogP contribution is -2.46. The molecule has 1 N–H and O–H groups in total. The molecule has 25 heteroatoms. The van der Waals surface area contributed by atoms with Crippen LogP contribution in [0.25, 0.3) is 33.4 Å². The molecule has 2 saturated carbocycles. The van der Waals surface area contributed by atoms with Gasteiger partial charge in [0.1, 0.15) is 18.3 Å². The third-order valence-corrected chi connectivity index (χ3v) is 22.7. The van der Waals surface area contributed by atoms with Crippen LogP contribution in [-0.2, 0) is 45.0 Å². The molecule has 2 aliphatic heterocycles. The summed E-state index contributed by atoms with van der Waals surface area (Å²) < 4.78 is 122. The number of aryl methyl sites for hydroxylation is 2. The second-order valence-corrected chi connectivity index (χ2v) is 28.1. The molecule has 2 saturated heterocycles. The van der Waals surface area contributed by atoms with Crippen molar-refractivity contribution in [1.82, 2.24) is 50.0 Å². The third kappa shape index (κ3) is 9.14. The highest BCUT2D eigenvalue weighted by molar-refractivity contribution is 7.90. The van der Waals surface area contributed by atoms with E-state index in [1.54, 1.807) is 89.8 Å². The lowest BCUT2D eigenvalue weighted by molar-refractivity contribution is 0.170. The Hall–Kier alpha value is -6.25. The minimum Gasteiger partial charge on any atom is -0.447 e. The van der Waals surface area contributed by atoms with Gasteiger partial charge in [0.25, 0.3) is 30.3 Å². The van der Waals surface area contributed by atoms with Gasteiger partial charge in [0, 0.05) is 42.9 Å². The number of carbonyl (C=O) groups is 1. The highest BCUT2D eigenvalue weighted by Crippen LogP contribution is 2.44. The molecule has 8 heterocycles. The summed E-state index contributed by atoms with van der Waals surface area (Å²) >= 11 is 0. The highest BCUT2D eigenvalue weighted by Gasteiger charge is 2.42. The molecule has 2 aliphatic carbocycles. The van der Waals surface area contributed by atoms with Crippen LogP contribution >= 0.6 is 0 Å². The number of carbonyl (C=O) groups excluding carboxylic acids is 1. The molecular weight excluding hydrogens is 1050 g/mol. The van der Waals surface area contributed by atoms with E-state index in [1.807, 2.05) is 29.6 Å². The van der Waals surface area contributed by atoms with Gasteiger partial charge in [-0.05, 0) is 113 Å². The molecule has 402 valence electrons. The summed E-state index contributed by atoms with van der Waals surface area (Å²) in [5, 5.41) is 0. The molecule has 4 fully saturated rings. The lowest BCUT2D eigenvalue weighted by atomic mass is 9.97. The number of fused-ring (bicyclic) bond motifs is 6. The fraction of sp³-hybridized carbons (Fsp3) is 0.431. The fourth-order valence-electron chi connectivity index (χ4n) is 11.8. The van der Waals surface area contributed by atoms with E-state index in [2.05, 4.69) is 33.5 Å². The van der Waals surface area contributed by atoms with E-state index < -0.39 is 46.4 Å². The predicted molar refractivity (Wildman–Crippen MR) is 283 cm³/mol. The summed E-state index contributed by atoms with van der Waals surface area (Å²) in [4.78, 5) is 30.5. The Labute approximate surface area is 441 Å². The largest absolute Gasteiger partial charge is 0.447 e. The second kappa shape index (κ2) is 19.3. The van der Waals surface area contributed by atoms with Gasteiger partial charge in [0.2, 0.25) is 10.0 Å². The summed E-state index contributed by atoms with van der Waals surface area (Å²) in [6.07, 6.45) is 13.2. The number of imidazole rings is 2. The van der Waals surface area contributed by atoms with Gasteiger partial charge in [0.15, 0.2) is 11.3 Å². The molecule has 2 aromatic carbocycles. The van der Waals surface area contributed by atoms with Crippen molar-refractivity contribution in [2.24, 2.45) is 17.8 Å². The molecular formula is C51H59N11O10S4. The van der Waals surface area contributed by atoms with Gasteiger partial charge >= 0.3 is 6.09 Å². The van der Waals surface area contributed by atoms with Crippen molar-refractivity contribution in [3.8, 4) is 0 Å². The maximum Gasteiger partial charge on any atom is 0.423 e. The minimum atomic E-state index is -3.86. The van der Waals surface area contributed by atoms with Gasteiger partial charge in [-0.3, -0.25) is 8.80 Å². The number of nitrogens with zero attached hydrogens (tertiary/aromatic N) is 10.